The summed E-state index contributed by atoms with van der Waals surface area (Å²) in [5.41, 5.74) is 2.17. The van der Waals surface area contributed by atoms with E-state index in [-0.39, 0.29) is 0 Å². The molecule has 0 saturated carbocycles. The largest absolute Gasteiger partial charge is 0.240 e. The Bertz CT molecular complexity index is 406. The number of fused-ring (bicyclic) bond motifs is 1. The monoisotopic (exact) mass is 178 g/mol. The van der Waals surface area contributed by atoms with Crippen molar-refractivity contribution < 1.29 is 0 Å². The fraction of sp³-hybridized carbons (Fsp3) is 0.333. The highest BCUT2D eigenvalue weighted by atomic mass is 32.1. The molecule has 2 nitrogen and oxygen atoms in total. The lowest BCUT2D eigenvalue weighted by molar-refractivity contribution is 1.06. The van der Waals surface area contributed by atoms with Crippen molar-refractivity contribution in [2.75, 3.05) is 0 Å². The SMILES string of the molecule is CCc1ccc2nc(C)sc2n1. The molecule has 0 aromatic carbocycles. The van der Waals surface area contributed by atoms with Crippen LogP contribution in [-0.2, 0) is 6.42 Å². The van der Waals surface area contributed by atoms with E-state index in [9.17, 15) is 0 Å². The minimum atomic E-state index is 0.993. The number of nitrogens with zero attached hydrogens (tertiary/aromatic N) is 2. The summed E-state index contributed by atoms with van der Waals surface area (Å²) in [5, 5.41) is 1.09. The minimum absolute atomic E-state index is 0.993. The predicted molar refractivity (Wildman–Crippen MR) is 51.5 cm³/mol. The molecule has 62 valence electrons. The van der Waals surface area contributed by atoms with Gasteiger partial charge >= 0.3 is 0 Å². The molecular weight excluding hydrogens is 168 g/mol. The quantitative estimate of drug-likeness (QED) is 0.670. The van der Waals surface area contributed by atoms with Gasteiger partial charge in [-0.3, -0.25) is 0 Å². The first kappa shape index (κ1) is 7.68. The Kier molecular flexibility index (Phi) is 1.81. The lowest BCUT2D eigenvalue weighted by atomic mass is 10.3. The van der Waals surface area contributed by atoms with E-state index in [2.05, 4.69) is 16.9 Å². The van der Waals surface area contributed by atoms with Gasteiger partial charge in [0.05, 0.1) is 5.01 Å². The number of aryl methyl sites for hydroxylation is 2. The highest BCUT2D eigenvalue weighted by Gasteiger charge is 2.01. The van der Waals surface area contributed by atoms with Crippen molar-refractivity contribution in [2.24, 2.45) is 0 Å². The summed E-state index contributed by atoms with van der Waals surface area (Å²) in [6.07, 6.45) is 0.993. The molecule has 2 rings (SSSR count). The molecule has 0 atom stereocenters. The number of aromatic nitrogens is 2. The van der Waals surface area contributed by atoms with Crippen LogP contribution in [-0.4, -0.2) is 9.97 Å². The second-order valence-corrected chi connectivity index (χ2v) is 3.89. The Hall–Kier alpha value is -0.960. The Balaban J connectivity index is 2.66. The summed E-state index contributed by atoms with van der Waals surface area (Å²) in [6.45, 7) is 4.13. The van der Waals surface area contributed by atoms with E-state index in [1.165, 1.54) is 0 Å². The van der Waals surface area contributed by atoms with Crippen LogP contribution in [0.5, 0.6) is 0 Å². The molecule has 3 heteroatoms. The molecule has 0 bridgehead atoms. The van der Waals surface area contributed by atoms with Gasteiger partial charge in [0.2, 0.25) is 0 Å². The van der Waals surface area contributed by atoms with Gasteiger partial charge in [-0.05, 0) is 25.5 Å². The zero-order valence-corrected chi connectivity index (χ0v) is 7.98. The molecule has 12 heavy (non-hydrogen) atoms. The van der Waals surface area contributed by atoms with E-state index < -0.39 is 0 Å². The first-order chi connectivity index (χ1) is 5.79. The number of pyridine rings is 1. The Morgan fingerprint density at radius 3 is 2.92 bits per heavy atom. The van der Waals surface area contributed by atoms with Gasteiger partial charge in [-0.25, -0.2) is 9.97 Å². The number of rotatable bonds is 1. The smallest absolute Gasteiger partial charge is 0.143 e. The summed E-state index contributed by atoms with van der Waals surface area (Å²) in [6, 6.07) is 4.09. The van der Waals surface area contributed by atoms with Crippen molar-refractivity contribution in [3.05, 3.63) is 22.8 Å². The van der Waals surface area contributed by atoms with Crippen molar-refractivity contribution >= 4 is 21.7 Å². The van der Waals surface area contributed by atoms with Crippen LogP contribution in [0.15, 0.2) is 12.1 Å². The second kappa shape index (κ2) is 2.83. The van der Waals surface area contributed by atoms with Crippen molar-refractivity contribution in [3.63, 3.8) is 0 Å². The van der Waals surface area contributed by atoms with E-state index in [0.717, 1.165) is 27.5 Å². The van der Waals surface area contributed by atoms with Crippen molar-refractivity contribution in [1.82, 2.24) is 9.97 Å². The third-order valence-electron chi connectivity index (χ3n) is 1.78. The summed E-state index contributed by atoms with van der Waals surface area (Å²) in [7, 11) is 0. The molecular formula is C9H10N2S. The summed E-state index contributed by atoms with van der Waals surface area (Å²) >= 11 is 1.66. The van der Waals surface area contributed by atoms with Crippen LogP contribution in [0.4, 0.5) is 0 Å². The third-order valence-corrected chi connectivity index (χ3v) is 2.66. The van der Waals surface area contributed by atoms with Crippen LogP contribution in [0.25, 0.3) is 10.3 Å². The van der Waals surface area contributed by atoms with E-state index in [1.54, 1.807) is 11.3 Å². The maximum atomic E-state index is 4.47. The van der Waals surface area contributed by atoms with Crippen molar-refractivity contribution in [2.45, 2.75) is 20.3 Å². The minimum Gasteiger partial charge on any atom is -0.240 e. The van der Waals surface area contributed by atoms with Gasteiger partial charge in [0.1, 0.15) is 10.3 Å². The third kappa shape index (κ3) is 1.20. The molecule has 0 fully saturated rings. The van der Waals surface area contributed by atoms with E-state index in [0.29, 0.717) is 0 Å². The van der Waals surface area contributed by atoms with Gasteiger partial charge in [0.25, 0.3) is 0 Å². The zero-order chi connectivity index (χ0) is 8.55. The molecule has 0 amide bonds. The summed E-state index contributed by atoms with van der Waals surface area (Å²) in [4.78, 5) is 9.88. The van der Waals surface area contributed by atoms with Gasteiger partial charge in [-0.1, -0.05) is 18.3 Å². The topological polar surface area (TPSA) is 25.8 Å². The fourth-order valence-corrected chi connectivity index (χ4v) is 1.97. The van der Waals surface area contributed by atoms with Crippen LogP contribution in [0.3, 0.4) is 0 Å². The molecule has 2 aromatic heterocycles. The molecule has 2 heterocycles. The van der Waals surface area contributed by atoms with Crippen LogP contribution < -0.4 is 0 Å². The lowest BCUT2D eigenvalue weighted by Gasteiger charge is -1.92. The average Bonchev–Trinajstić information content (AvgIpc) is 2.43. The highest BCUT2D eigenvalue weighted by Crippen LogP contribution is 2.19. The molecule has 2 aromatic rings. The number of hydrogen-bond acceptors (Lipinski definition) is 3. The fourth-order valence-electron chi connectivity index (χ4n) is 1.16. The zero-order valence-electron chi connectivity index (χ0n) is 7.16. The molecule has 0 unspecified atom stereocenters. The van der Waals surface area contributed by atoms with E-state index in [1.807, 2.05) is 19.1 Å². The van der Waals surface area contributed by atoms with Crippen LogP contribution in [0, 0.1) is 6.92 Å². The molecule has 0 aliphatic heterocycles. The number of thiazole rings is 1. The standard InChI is InChI=1S/C9H10N2S/c1-3-7-4-5-8-9(11-7)12-6(2)10-8/h4-5H,3H2,1-2H3. The molecule has 0 aliphatic carbocycles. The first-order valence-electron chi connectivity index (χ1n) is 4.02. The van der Waals surface area contributed by atoms with Crippen LogP contribution >= 0.6 is 11.3 Å². The van der Waals surface area contributed by atoms with Crippen LogP contribution in [0.1, 0.15) is 17.6 Å². The summed E-state index contributed by atoms with van der Waals surface area (Å²) < 4.78 is 0. The van der Waals surface area contributed by atoms with Gasteiger partial charge in [0, 0.05) is 5.69 Å². The lowest BCUT2D eigenvalue weighted by Crippen LogP contribution is -1.84. The van der Waals surface area contributed by atoms with E-state index in [4.69, 9.17) is 0 Å². The Morgan fingerprint density at radius 2 is 2.17 bits per heavy atom. The Morgan fingerprint density at radius 1 is 1.33 bits per heavy atom. The highest BCUT2D eigenvalue weighted by molar-refractivity contribution is 7.18. The van der Waals surface area contributed by atoms with Gasteiger partial charge in [-0.15, -0.1) is 0 Å². The normalized spacial score (nSPS) is 10.8. The van der Waals surface area contributed by atoms with Crippen LogP contribution in [0.2, 0.25) is 0 Å². The molecule has 0 radical (unpaired) electrons. The first-order valence-corrected chi connectivity index (χ1v) is 4.84. The maximum Gasteiger partial charge on any atom is 0.143 e. The second-order valence-electron chi connectivity index (χ2n) is 2.71. The molecule has 0 spiro atoms. The average molecular weight is 178 g/mol. The maximum absolute atomic E-state index is 4.47. The molecule has 0 aliphatic rings. The Labute approximate surface area is 75.3 Å². The molecule has 0 N–H and O–H groups in total. The van der Waals surface area contributed by atoms with E-state index >= 15 is 0 Å². The van der Waals surface area contributed by atoms with Gasteiger partial charge in [0.15, 0.2) is 0 Å². The number of hydrogen-bond donors (Lipinski definition) is 0. The van der Waals surface area contributed by atoms with Gasteiger partial charge in [-0.2, -0.15) is 0 Å². The van der Waals surface area contributed by atoms with Crippen molar-refractivity contribution in [1.29, 1.82) is 0 Å². The van der Waals surface area contributed by atoms with Gasteiger partial charge < -0.3 is 0 Å². The van der Waals surface area contributed by atoms with Crippen molar-refractivity contribution in [3.8, 4) is 0 Å². The molecule has 0 saturated heterocycles. The summed E-state index contributed by atoms with van der Waals surface area (Å²) in [5.74, 6) is 0. The predicted octanol–water partition coefficient (Wildman–Crippen LogP) is 2.56.